The van der Waals surface area contributed by atoms with E-state index in [2.05, 4.69) is 147 Å². The lowest BCUT2D eigenvalue weighted by atomic mass is 9.74. The standard InChI is InChI=1S/C63H72O9/c1-29-19-17-21-48(31(29)3)54-50-41(13)56(33(5)37(9)60(50)71-62-39(11)35(7)58(43(15)52(54)62)69-27-46-25-65-46)67-23-45(64)24-68-57-34(6)38(10)61-51(42(57)14)55(49-22-18-20-30(2)32(49)4)53-44(16)59(70-28-47-26-66-47)36(8)40(12)63(53)72-61/h17-22,45-47,54-55,64H,23-28H2,1-16H3. The van der Waals surface area contributed by atoms with Crippen LogP contribution in [0.25, 0.3) is 0 Å². The zero-order valence-corrected chi connectivity index (χ0v) is 45.3. The smallest absolute Gasteiger partial charge is 0.135 e. The first-order valence-electron chi connectivity index (χ1n) is 25.8. The molecular formula is C63H72O9. The van der Waals surface area contributed by atoms with Crippen LogP contribution in [0.1, 0.15) is 134 Å². The Bertz CT molecular complexity index is 2990. The Labute approximate surface area is 426 Å². The van der Waals surface area contributed by atoms with E-state index >= 15 is 0 Å². The maximum absolute atomic E-state index is 11.9. The third-order valence-corrected chi connectivity index (χ3v) is 16.9. The van der Waals surface area contributed by atoms with Crippen molar-refractivity contribution < 1.29 is 43.0 Å². The lowest BCUT2D eigenvalue weighted by Crippen LogP contribution is -2.27. The summed E-state index contributed by atoms with van der Waals surface area (Å²) >= 11 is 0. The van der Waals surface area contributed by atoms with Crippen molar-refractivity contribution in [2.45, 2.75) is 141 Å². The molecule has 9 heteroatoms. The van der Waals surface area contributed by atoms with Gasteiger partial charge in [0.05, 0.1) is 13.2 Å². The van der Waals surface area contributed by atoms with E-state index in [0.29, 0.717) is 13.2 Å². The summed E-state index contributed by atoms with van der Waals surface area (Å²) in [6.07, 6.45) is -0.687. The fourth-order valence-electron chi connectivity index (χ4n) is 11.6. The van der Waals surface area contributed by atoms with Crippen LogP contribution >= 0.6 is 0 Å². The Balaban J connectivity index is 0.989. The van der Waals surface area contributed by atoms with Crippen LogP contribution in [0.2, 0.25) is 0 Å². The summed E-state index contributed by atoms with van der Waals surface area (Å²) in [5, 5.41) is 11.9. The molecule has 0 saturated carbocycles. The fourth-order valence-corrected chi connectivity index (χ4v) is 11.6. The van der Waals surface area contributed by atoms with E-state index in [9.17, 15) is 5.11 Å². The van der Waals surface area contributed by atoms with Gasteiger partial charge in [-0.25, -0.2) is 0 Å². The molecule has 6 aromatic carbocycles. The molecule has 0 aromatic heterocycles. The molecular weight excluding hydrogens is 901 g/mol. The minimum absolute atomic E-state index is 0.0279. The molecule has 4 heterocycles. The summed E-state index contributed by atoms with van der Waals surface area (Å²) in [6.45, 7) is 36.8. The van der Waals surface area contributed by atoms with Crippen molar-refractivity contribution >= 4 is 0 Å². The highest BCUT2D eigenvalue weighted by molar-refractivity contribution is 5.75. The van der Waals surface area contributed by atoms with Crippen LogP contribution in [-0.4, -0.2) is 63.1 Å². The van der Waals surface area contributed by atoms with E-state index in [4.69, 9.17) is 37.9 Å². The summed E-state index contributed by atoms with van der Waals surface area (Å²) in [4.78, 5) is 0. The molecule has 1 N–H and O–H groups in total. The summed E-state index contributed by atoms with van der Waals surface area (Å²) in [6, 6.07) is 13.1. The second-order valence-electron chi connectivity index (χ2n) is 21.2. The van der Waals surface area contributed by atoms with Crippen molar-refractivity contribution in [2.24, 2.45) is 0 Å². The first kappa shape index (κ1) is 49.6. The minimum Gasteiger partial charge on any atom is -0.490 e. The normalized spacial score (nSPS) is 18.5. The molecule has 2 fully saturated rings. The summed E-state index contributed by atoms with van der Waals surface area (Å²) in [5.74, 6) is 6.45. The molecule has 4 unspecified atom stereocenters. The number of hydrogen-bond donors (Lipinski definition) is 1. The molecule has 0 spiro atoms. The minimum atomic E-state index is -0.945. The van der Waals surface area contributed by atoms with E-state index in [-0.39, 0.29) is 37.3 Å². The molecule has 72 heavy (non-hydrogen) atoms. The molecule has 4 atom stereocenters. The zero-order valence-electron chi connectivity index (χ0n) is 45.3. The van der Waals surface area contributed by atoms with Gasteiger partial charge < -0.3 is 43.0 Å². The predicted octanol–water partition coefficient (Wildman–Crippen LogP) is 13.6. The van der Waals surface area contributed by atoms with Crippen LogP contribution in [0.3, 0.4) is 0 Å². The maximum Gasteiger partial charge on any atom is 0.135 e. The molecule has 0 bridgehead atoms. The molecule has 6 aromatic rings. The van der Waals surface area contributed by atoms with E-state index in [1.807, 2.05) is 0 Å². The lowest BCUT2D eigenvalue weighted by Gasteiger charge is -2.37. The third-order valence-electron chi connectivity index (χ3n) is 16.9. The molecule has 0 amide bonds. The van der Waals surface area contributed by atoms with Crippen LogP contribution in [-0.2, 0) is 9.47 Å². The van der Waals surface area contributed by atoms with Gasteiger partial charge in [0.1, 0.15) is 90.7 Å². The highest BCUT2D eigenvalue weighted by Gasteiger charge is 2.41. The zero-order chi connectivity index (χ0) is 51.3. The molecule has 10 rings (SSSR count). The van der Waals surface area contributed by atoms with Gasteiger partial charge in [-0.2, -0.15) is 0 Å². The topological polar surface area (TPSA) is 101 Å². The van der Waals surface area contributed by atoms with Gasteiger partial charge in [-0.3, -0.25) is 0 Å². The summed E-state index contributed by atoms with van der Waals surface area (Å²) in [7, 11) is 0. The number of hydrogen-bond acceptors (Lipinski definition) is 9. The first-order chi connectivity index (χ1) is 34.3. The number of benzene rings is 6. The number of rotatable bonds is 14. The molecule has 378 valence electrons. The van der Waals surface area contributed by atoms with Crippen LogP contribution in [0.5, 0.6) is 46.0 Å². The van der Waals surface area contributed by atoms with E-state index in [1.54, 1.807) is 0 Å². The van der Waals surface area contributed by atoms with Crippen molar-refractivity contribution in [3.05, 3.63) is 159 Å². The lowest BCUT2D eigenvalue weighted by molar-refractivity contribution is 0.0615. The van der Waals surface area contributed by atoms with Crippen molar-refractivity contribution in [3.8, 4) is 46.0 Å². The Kier molecular flexibility index (Phi) is 12.9. The Morgan fingerprint density at radius 2 is 0.694 bits per heavy atom. The van der Waals surface area contributed by atoms with Gasteiger partial charge in [-0.1, -0.05) is 36.4 Å². The highest BCUT2D eigenvalue weighted by Crippen LogP contribution is 2.59. The average Bonchev–Trinajstić information content (AvgIpc) is 4.31. The number of fused-ring (bicyclic) bond motifs is 4. The van der Waals surface area contributed by atoms with Crippen molar-refractivity contribution in [1.82, 2.24) is 0 Å². The van der Waals surface area contributed by atoms with E-state index < -0.39 is 6.10 Å². The Hall–Kier alpha value is -6.00. The van der Waals surface area contributed by atoms with Crippen LogP contribution < -0.4 is 28.4 Å². The molecule has 9 nitrogen and oxygen atoms in total. The monoisotopic (exact) mass is 973 g/mol. The Morgan fingerprint density at radius 3 is 0.986 bits per heavy atom. The molecule has 2 saturated heterocycles. The van der Waals surface area contributed by atoms with Gasteiger partial charge in [-0.05, 0) is 211 Å². The fraction of sp³-hybridized carbons (Fsp3) is 0.429. The molecule has 0 aliphatic carbocycles. The number of aliphatic hydroxyl groups excluding tert-OH is 1. The second kappa shape index (κ2) is 18.8. The molecule has 4 aliphatic rings. The molecule has 0 radical (unpaired) electrons. The largest absolute Gasteiger partial charge is 0.490 e. The predicted molar refractivity (Wildman–Crippen MR) is 284 cm³/mol. The van der Waals surface area contributed by atoms with Gasteiger partial charge in [0.15, 0.2) is 0 Å². The Morgan fingerprint density at radius 1 is 0.403 bits per heavy atom. The SMILES string of the molecule is Cc1cccc(C2c3c(C)c(OCC(O)COc4c(C)c(C)c5c(c4C)C(c4cccc(C)c4C)c4c(C)c(OCC6CO6)c(C)c(C)c4O5)c(C)c(C)c3Oc3c(C)c(C)c(OCC4CO4)c(C)c32)c1C. The highest BCUT2D eigenvalue weighted by atomic mass is 16.6. The van der Waals surface area contributed by atoms with E-state index in [1.165, 1.54) is 33.4 Å². The van der Waals surface area contributed by atoms with Crippen molar-refractivity contribution in [2.75, 3.05) is 39.6 Å². The number of aryl methyl sites for hydroxylation is 2. The van der Waals surface area contributed by atoms with Crippen molar-refractivity contribution in [3.63, 3.8) is 0 Å². The molecule has 4 aliphatic heterocycles. The first-order valence-corrected chi connectivity index (χ1v) is 25.8. The van der Waals surface area contributed by atoms with Gasteiger partial charge >= 0.3 is 0 Å². The number of epoxide rings is 2. The van der Waals surface area contributed by atoms with Crippen LogP contribution in [0.4, 0.5) is 0 Å². The average molecular weight is 973 g/mol. The summed E-state index contributed by atoms with van der Waals surface area (Å²) in [5.41, 5.74) is 24.0. The van der Waals surface area contributed by atoms with Crippen molar-refractivity contribution in [1.29, 1.82) is 0 Å². The van der Waals surface area contributed by atoms with Crippen LogP contribution in [0.15, 0.2) is 36.4 Å². The second-order valence-corrected chi connectivity index (χ2v) is 21.2. The summed E-state index contributed by atoms with van der Waals surface area (Å²) < 4.78 is 52.0. The van der Waals surface area contributed by atoms with Gasteiger partial charge in [-0.15, -0.1) is 0 Å². The quantitative estimate of drug-likeness (QED) is 0.107. The maximum atomic E-state index is 11.9. The van der Waals surface area contributed by atoms with E-state index in [0.717, 1.165) is 148 Å². The van der Waals surface area contributed by atoms with Gasteiger partial charge in [0.25, 0.3) is 0 Å². The number of aliphatic hydroxyl groups is 1. The van der Waals surface area contributed by atoms with Gasteiger partial charge in [0.2, 0.25) is 0 Å². The van der Waals surface area contributed by atoms with Gasteiger partial charge in [0, 0.05) is 34.1 Å². The third kappa shape index (κ3) is 8.20. The number of ether oxygens (including phenoxy) is 8. The van der Waals surface area contributed by atoms with Crippen LogP contribution in [0, 0.1) is 111 Å².